The zero-order valence-corrected chi connectivity index (χ0v) is 11.3. The molecule has 0 heterocycles. The molecule has 0 saturated carbocycles. The SMILES string of the molecule is Cc1ccc(F)c(C(N)CC(C)CC(C)C)c1. The summed E-state index contributed by atoms with van der Waals surface area (Å²) in [6.45, 7) is 8.56. The first-order valence-corrected chi connectivity index (χ1v) is 6.41. The van der Waals surface area contributed by atoms with Gasteiger partial charge in [0.1, 0.15) is 5.82 Å². The van der Waals surface area contributed by atoms with Crippen molar-refractivity contribution in [2.75, 3.05) is 0 Å². The van der Waals surface area contributed by atoms with Crippen molar-refractivity contribution in [3.63, 3.8) is 0 Å². The second-order valence-electron chi connectivity index (χ2n) is 5.60. The minimum atomic E-state index is -0.191. The summed E-state index contributed by atoms with van der Waals surface area (Å²) in [6, 6.07) is 4.96. The molecule has 2 N–H and O–H groups in total. The van der Waals surface area contributed by atoms with Crippen LogP contribution < -0.4 is 5.73 Å². The van der Waals surface area contributed by atoms with Crippen LogP contribution in [0.25, 0.3) is 0 Å². The molecule has 1 aromatic rings. The van der Waals surface area contributed by atoms with Gasteiger partial charge in [-0.15, -0.1) is 0 Å². The van der Waals surface area contributed by atoms with E-state index in [4.69, 9.17) is 5.73 Å². The second kappa shape index (κ2) is 6.15. The lowest BCUT2D eigenvalue weighted by atomic mass is 9.90. The van der Waals surface area contributed by atoms with E-state index in [0.29, 0.717) is 17.4 Å². The Morgan fingerprint density at radius 3 is 2.41 bits per heavy atom. The lowest BCUT2D eigenvalue weighted by Crippen LogP contribution is -2.16. The van der Waals surface area contributed by atoms with Crippen molar-refractivity contribution >= 4 is 0 Å². The summed E-state index contributed by atoms with van der Waals surface area (Å²) in [4.78, 5) is 0. The zero-order valence-electron chi connectivity index (χ0n) is 11.3. The maximum Gasteiger partial charge on any atom is 0.127 e. The van der Waals surface area contributed by atoms with Crippen LogP contribution in [0, 0.1) is 24.6 Å². The van der Waals surface area contributed by atoms with Gasteiger partial charge in [0.2, 0.25) is 0 Å². The molecule has 0 aromatic heterocycles. The van der Waals surface area contributed by atoms with E-state index in [-0.39, 0.29) is 11.9 Å². The van der Waals surface area contributed by atoms with Crippen molar-refractivity contribution in [2.24, 2.45) is 17.6 Å². The summed E-state index contributed by atoms with van der Waals surface area (Å²) in [7, 11) is 0. The first-order chi connectivity index (χ1) is 7.90. The monoisotopic (exact) mass is 237 g/mol. The quantitative estimate of drug-likeness (QED) is 0.815. The number of hydrogen-bond donors (Lipinski definition) is 1. The van der Waals surface area contributed by atoms with Crippen molar-refractivity contribution in [3.8, 4) is 0 Å². The molecule has 2 heteroatoms. The summed E-state index contributed by atoms with van der Waals surface area (Å²) < 4.78 is 13.7. The molecule has 0 amide bonds. The van der Waals surface area contributed by atoms with Gasteiger partial charge in [0.05, 0.1) is 0 Å². The molecule has 0 aliphatic carbocycles. The Morgan fingerprint density at radius 2 is 1.82 bits per heavy atom. The van der Waals surface area contributed by atoms with Gasteiger partial charge in [-0.1, -0.05) is 38.5 Å². The van der Waals surface area contributed by atoms with Gasteiger partial charge >= 0.3 is 0 Å². The van der Waals surface area contributed by atoms with Gasteiger partial charge in [-0.3, -0.25) is 0 Å². The van der Waals surface area contributed by atoms with E-state index in [1.165, 1.54) is 6.07 Å². The van der Waals surface area contributed by atoms with Crippen molar-refractivity contribution in [2.45, 2.75) is 46.6 Å². The fourth-order valence-corrected chi connectivity index (χ4v) is 2.41. The van der Waals surface area contributed by atoms with Gasteiger partial charge in [-0.05, 0) is 37.7 Å². The van der Waals surface area contributed by atoms with Crippen LogP contribution in [0.1, 0.15) is 50.8 Å². The Kier molecular flexibility index (Phi) is 5.13. The third kappa shape index (κ3) is 4.47. The minimum Gasteiger partial charge on any atom is -0.324 e. The summed E-state index contributed by atoms with van der Waals surface area (Å²) >= 11 is 0. The van der Waals surface area contributed by atoms with Gasteiger partial charge < -0.3 is 5.73 Å². The van der Waals surface area contributed by atoms with Crippen LogP contribution in [0.15, 0.2) is 18.2 Å². The highest BCUT2D eigenvalue weighted by Crippen LogP contribution is 2.25. The number of aryl methyl sites for hydroxylation is 1. The molecule has 96 valence electrons. The van der Waals surface area contributed by atoms with Gasteiger partial charge in [-0.2, -0.15) is 0 Å². The molecule has 1 aromatic carbocycles. The van der Waals surface area contributed by atoms with Crippen LogP contribution in [0.4, 0.5) is 4.39 Å². The highest BCUT2D eigenvalue weighted by molar-refractivity contribution is 5.26. The van der Waals surface area contributed by atoms with E-state index in [1.54, 1.807) is 6.07 Å². The van der Waals surface area contributed by atoms with Crippen molar-refractivity contribution in [1.29, 1.82) is 0 Å². The molecule has 0 radical (unpaired) electrons. The third-order valence-corrected chi connectivity index (χ3v) is 3.08. The number of benzene rings is 1. The van der Waals surface area contributed by atoms with Crippen molar-refractivity contribution in [1.82, 2.24) is 0 Å². The predicted molar refractivity (Wildman–Crippen MR) is 71.3 cm³/mol. The van der Waals surface area contributed by atoms with Gasteiger partial charge in [0, 0.05) is 11.6 Å². The van der Waals surface area contributed by atoms with E-state index < -0.39 is 0 Å². The Morgan fingerprint density at radius 1 is 1.18 bits per heavy atom. The fourth-order valence-electron chi connectivity index (χ4n) is 2.41. The molecule has 0 saturated heterocycles. The molecule has 2 unspecified atom stereocenters. The van der Waals surface area contributed by atoms with E-state index >= 15 is 0 Å². The lowest BCUT2D eigenvalue weighted by molar-refractivity contribution is 0.383. The van der Waals surface area contributed by atoms with Crippen LogP contribution >= 0.6 is 0 Å². The normalized spacial score (nSPS) is 15.0. The lowest BCUT2D eigenvalue weighted by Gasteiger charge is -2.20. The van der Waals surface area contributed by atoms with Crippen LogP contribution in [-0.2, 0) is 0 Å². The maximum absolute atomic E-state index is 13.7. The summed E-state index contributed by atoms with van der Waals surface area (Å²) in [5.74, 6) is 1.02. The van der Waals surface area contributed by atoms with E-state index in [9.17, 15) is 4.39 Å². The van der Waals surface area contributed by atoms with E-state index in [0.717, 1.165) is 18.4 Å². The first kappa shape index (κ1) is 14.2. The molecule has 1 rings (SSSR count). The van der Waals surface area contributed by atoms with Crippen LogP contribution in [0.5, 0.6) is 0 Å². The highest BCUT2D eigenvalue weighted by atomic mass is 19.1. The fraction of sp³-hybridized carbons (Fsp3) is 0.600. The Bertz CT molecular complexity index is 360. The minimum absolute atomic E-state index is 0.181. The highest BCUT2D eigenvalue weighted by Gasteiger charge is 2.15. The number of nitrogens with two attached hydrogens (primary N) is 1. The molecule has 0 aliphatic rings. The predicted octanol–water partition coefficient (Wildman–Crippen LogP) is 4.21. The largest absolute Gasteiger partial charge is 0.324 e. The summed E-state index contributed by atoms with van der Waals surface area (Å²) in [5, 5.41) is 0. The molecule has 2 atom stereocenters. The van der Waals surface area contributed by atoms with Gasteiger partial charge in [0.25, 0.3) is 0 Å². The number of rotatable bonds is 5. The summed E-state index contributed by atoms with van der Waals surface area (Å²) in [6.07, 6.45) is 1.99. The average molecular weight is 237 g/mol. The number of hydrogen-bond acceptors (Lipinski definition) is 1. The van der Waals surface area contributed by atoms with Gasteiger partial charge in [-0.25, -0.2) is 4.39 Å². The van der Waals surface area contributed by atoms with E-state index in [1.807, 2.05) is 13.0 Å². The molecule has 1 nitrogen and oxygen atoms in total. The van der Waals surface area contributed by atoms with Crippen molar-refractivity contribution < 1.29 is 4.39 Å². The Labute approximate surface area is 104 Å². The third-order valence-electron chi connectivity index (χ3n) is 3.08. The number of halogens is 1. The van der Waals surface area contributed by atoms with Crippen LogP contribution in [0.2, 0.25) is 0 Å². The molecular weight excluding hydrogens is 213 g/mol. The summed E-state index contributed by atoms with van der Waals surface area (Å²) in [5.41, 5.74) is 7.82. The average Bonchev–Trinajstić information content (AvgIpc) is 2.20. The molecule has 0 spiro atoms. The maximum atomic E-state index is 13.7. The second-order valence-corrected chi connectivity index (χ2v) is 5.60. The Hall–Kier alpha value is -0.890. The topological polar surface area (TPSA) is 26.0 Å². The molecule has 17 heavy (non-hydrogen) atoms. The smallest absolute Gasteiger partial charge is 0.127 e. The molecule has 0 fully saturated rings. The molecular formula is C15H24FN. The van der Waals surface area contributed by atoms with Crippen LogP contribution in [-0.4, -0.2) is 0 Å². The van der Waals surface area contributed by atoms with Crippen molar-refractivity contribution in [3.05, 3.63) is 35.1 Å². The van der Waals surface area contributed by atoms with Crippen LogP contribution in [0.3, 0.4) is 0 Å². The first-order valence-electron chi connectivity index (χ1n) is 6.41. The molecule has 0 bridgehead atoms. The molecule has 0 aliphatic heterocycles. The zero-order chi connectivity index (χ0) is 13.0. The van der Waals surface area contributed by atoms with Gasteiger partial charge in [0.15, 0.2) is 0 Å². The standard InChI is InChI=1S/C15H24FN/c1-10(2)7-12(4)9-15(17)13-8-11(3)5-6-14(13)16/h5-6,8,10,12,15H,7,9,17H2,1-4H3. The Balaban J connectivity index is 2.69. The van der Waals surface area contributed by atoms with E-state index in [2.05, 4.69) is 20.8 Å².